The Hall–Kier alpha value is -1.49. The van der Waals surface area contributed by atoms with Crippen molar-refractivity contribution in [3.8, 4) is 0 Å². The molecule has 0 aromatic carbocycles. The molecular weight excluding hydrogens is 172 g/mol. The normalized spacial score (nSPS) is 16.1. The van der Waals surface area contributed by atoms with E-state index in [0.29, 0.717) is 18.4 Å². The fourth-order valence-electron chi connectivity index (χ4n) is 1.17. The maximum Gasteiger partial charge on any atom is 0.246 e. The lowest BCUT2D eigenvalue weighted by Gasteiger charge is -2.06. The molecule has 3 N–H and O–H groups in total. The fraction of sp³-hybridized carbons (Fsp3) is 0.375. The zero-order valence-corrected chi connectivity index (χ0v) is 7.16. The predicted octanol–water partition coefficient (Wildman–Crippen LogP) is -0.322. The van der Waals surface area contributed by atoms with Gasteiger partial charge in [-0.3, -0.25) is 14.9 Å². The van der Waals surface area contributed by atoms with Crippen molar-refractivity contribution in [1.82, 2.24) is 0 Å². The van der Waals surface area contributed by atoms with Crippen molar-refractivity contribution in [2.24, 2.45) is 0 Å². The summed E-state index contributed by atoms with van der Waals surface area (Å²) in [4.78, 5) is 21.0. The van der Waals surface area contributed by atoms with E-state index in [1.165, 1.54) is 12.2 Å². The average molecular weight is 183 g/mol. The second-order valence-electron chi connectivity index (χ2n) is 2.78. The molecule has 0 atom stereocenters. The van der Waals surface area contributed by atoms with E-state index < -0.39 is 4.92 Å². The number of carbonyl (C=O) groups excluding carboxylic acids is 1. The minimum Gasteiger partial charge on any atom is -0.351 e. The molecule has 0 saturated carbocycles. The molecule has 0 fully saturated rings. The van der Waals surface area contributed by atoms with Gasteiger partial charge in [-0.15, -0.1) is 0 Å². The van der Waals surface area contributed by atoms with Gasteiger partial charge >= 0.3 is 0 Å². The SMILES string of the molecule is [NH3+]CC(=O)C1=CC=C([N+](=O)[O-])CC1. The van der Waals surface area contributed by atoms with Crippen LogP contribution in [-0.4, -0.2) is 17.3 Å². The highest BCUT2D eigenvalue weighted by Gasteiger charge is 2.18. The van der Waals surface area contributed by atoms with Crippen molar-refractivity contribution in [3.05, 3.63) is 33.5 Å². The fourth-order valence-corrected chi connectivity index (χ4v) is 1.17. The monoisotopic (exact) mass is 183 g/mol. The van der Waals surface area contributed by atoms with E-state index in [1.807, 2.05) is 0 Å². The average Bonchev–Trinajstić information content (AvgIpc) is 2.17. The summed E-state index contributed by atoms with van der Waals surface area (Å²) in [6.45, 7) is 0.216. The second-order valence-corrected chi connectivity index (χ2v) is 2.78. The molecule has 0 aromatic rings. The highest BCUT2D eigenvalue weighted by atomic mass is 16.6. The molecule has 1 aliphatic carbocycles. The van der Waals surface area contributed by atoms with Gasteiger partial charge in [-0.1, -0.05) is 0 Å². The molecule has 0 radical (unpaired) electrons. The molecule has 0 bridgehead atoms. The number of carbonyl (C=O) groups is 1. The molecule has 0 aliphatic heterocycles. The van der Waals surface area contributed by atoms with Crippen molar-refractivity contribution in [3.63, 3.8) is 0 Å². The summed E-state index contributed by atoms with van der Waals surface area (Å²) in [5, 5.41) is 10.3. The summed E-state index contributed by atoms with van der Waals surface area (Å²) in [5.74, 6) is -0.0290. The van der Waals surface area contributed by atoms with Gasteiger partial charge in [0.25, 0.3) is 0 Å². The van der Waals surface area contributed by atoms with Crippen LogP contribution >= 0.6 is 0 Å². The Morgan fingerprint density at radius 3 is 2.62 bits per heavy atom. The number of nitro groups is 1. The molecule has 0 unspecified atom stereocenters. The van der Waals surface area contributed by atoms with Crippen molar-refractivity contribution in [2.75, 3.05) is 6.54 Å². The number of ketones is 1. The highest BCUT2D eigenvalue weighted by molar-refractivity contribution is 5.96. The Labute approximate surface area is 75.1 Å². The van der Waals surface area contributed by atoms with Crippen molar-refractivity contribution in [2.45, 2.75) is 12.8 Å². The number of nitrogens with zero attached hydrogens (tertiary/aromatic N) is 1. The first-order valence-electron chi connectivity index (χ1n) is 4.01. The molecule has 70 valence electrons. The third-order valence-corrected chi connectivity index (χ3v) is 1.95. The summed E-state index contributed by atoms with van der Waals surface area (Å²) in [7, 11) is 0. The summed E-state index contributed by atoms with van der Waals surface area (Å²) in [6, 6.07) is 0. The van der Waals surface area contributed by atoms with E-state index in [2.05, 4.69) is 5.73 Å². The molecular formula is C8H11N2O3+. The quantitative estimate of drug-likeness (QED) is 0.480. The predicted molar refractivity (Wildman–Crippen MR) is 45.2 cm³/mol. The van der Waals surface area contributed by atoms with Crippen LogP contribution in [0.5, 0.6) is 0 Å². The van der Waals surface area contributed by atoms with E-state index in [9.17, 15) is 14.9 Å². The zero-order chi connectivity index (χ0) is 9.84. The zero-order valence-electron chi connectivity index (χ0n) is 7.16. The number of hydrogen-bond acceptors (Lipinski definition) is 3. The van der Waals surface area contributed by atoms with Crippen LogP contribution in [0.15, 0.2) is 23.4 Å². The van der Waals surface area contributed by atoms with E-state index in [0.717, 1.165) is 0 Å². The first-order valence-corrected chi connectivity index (χ1v) is 4.01. The van der Waals surface area contributed by atoms with Gasteiger partial charge in [0.2, 0.25) is 11.5 Å². The summed E-state index contributed by atoms with van der Waals surface area (Å²) in [5.41, 5.74) is 4.28. The molecule has 0 aromatic heterocycles. The van der Waals surface area contributed by atoms with Crippen LogP contribution < -0.4 is 5.73 Å². The number of Topliss-reactive ketones (excluding diaryl/α,β-unsaturated/α-hetero) is 1. The van der Waals surface area contributed by atoms with Crippen LogP contribution in [-0.2, 0) is 4.79 Å². The van der Waals surface area contributed by atoms with Crippen molar-refractivity contribution in [1.29, 1.82) is 0 Å². The maximum absolute atomic E-state index is 11.1. The van der Waals surface area contributed by atoms with Gasteiger partial charge in [0.15, 0.2) is 0 Å². The summed E-state index contributed by atoms with van der Waals surface area (Å²) in [6.07, 6.45) is 3.72. The number of hydrogen-bond donors (Lipinski definition) is 1. The van der Waals surface area contributed by atoms with Crippen LogP contribution in [0.25, 0.3) is 0 Å². The maximum atomic E-state index is 11.1. The van der Waals surface area contributed by atoms with Crippen molar-refractivity contribution < 1.29 is 15.5 Å². The third kappa shape index (κ3) is 2.22. The molecule has 13 heavy (non-hydrogen) atoms. The lowest BCUT2D eigenvalue weighted by Crippen LogP contribution is -2.54. The Morgan fingerprint density at radius 2 is 2.23 bits per heavy atom. The minimum absolute atomic E-state index is 0.0290. The molecule has 5 nitrogen and oxygen atoms in total. The van der Waals surface area contributed by atoms with Crippen LogP contribution in [0.3, 0.4) is 0 Å². The molecule has 0 heterocycles. The lowest BCUT2D eigenvalue weighted by molar-refractivity contribution is -0.428. The van der Waals surface area contributed by atoms with Crippen LogP contribution in [0, 0.1) is 10.1 Å². The Morgan fingerprint density at radius 1 is 1.54 bits per heavy atom. The topological polar surface area (TPSA) is 87.8 Å². The van der Waals surface area contributed by atoms with Crippen molar-refractivity contribution >= 4 is 5.78 Å². The van der Waals surface area contributed by atoms with E-state index in [1.54, 1.807) is 0 Å². The highest BCUT2D eigenvalue weighted by Crippen LogP contribution is 2.18. The Kier molecular flexibility index (Phi) is 2.92. The van der Waals surface area contributed by atoms with E-state index in [4.69, 9.17) is 0 Å². The first kappa shape index (κ1) is 9.60. The summed E-state index contributed by atoms with van der Waals surface area (Å²) < 4.78 is 0. The van der Waals surface area contributed by atoms with Gasteiger partial charge in [0.1, 0.15) is 6.54 Å². The smallest absolute Gasteiger partial charge is 0.246 e. The second kappa shape index (κ2) is 3.95. The lowest BCUT2D eigenvalue weighted by atomic mass is 9.99. The first-order chi connectivity index (χ1) is 6.15. The van der Waals surface area contributed by atoms with Crippen LogP contribution in [0.4, 0.5) is 0 Å². The van der Waals surface area contributed by atoms with Gasteiger partial charge < -0.3 is 5.73 Å². The van der Waals surface area contributed by atoms with E-state index >= 15 is 0 Å². The number of allylic oxidation sites excluding steroid dienone is 3. The molecule has 1 aliphatic rings. The largest absolute Gasteiger partial charge is 0.351 e. The van der Waals surface area contributed by atoms with Gasteiger partial charge in [-0.2, -0.15) is 0 Å². The van der Waals surface area contributed by atoms with Crippen LogP contribution in [0.1, 0.15) is 12.8 Å². The molecule has 1 rings (SSSR count). The van der Waals surface area contributed by atoms with E-state index in [-0.39, 0.29) is 18.0 Å². The van der Waals surface area contributed by atoms with Gasteiger partial charge in [0.05, 0.1) is 4.92 Å². The Bertz CT molecular complexity index is 305. The molecule has 0 spiro atoms. The number of rotatable bonds is 3. The van der Waals surface area contributed by atoms with Gasteiger partial charge in [0, 0.05) is 18.1 Å². The molecule has 0 saturated heterocycles. The Balaban J connectivity index is 2.76. The minimum atomic E-state index is -0.415. The molecule has 5 heteroatoms. The van der Waals surface area contributed by atoms with Crippen LogP contribution in [0.2, 0.25) is 0 Å². The number of quaternary nitrogens is 1. The van der Waals surface area contributed by atoms with Gasteiger partial charge in [-0.25, -0.2) is 0 Å². The third-order valence-electron chi connectivity index (χ3n) is 1.95. The molecule has 0 amide bonds. The standard InChI is InChI=1S/C8H10N2O3/c9-5-8(11)6-1-3-7(4-2-6)10(12)13/h1,3H,2,4-5,9H2/p+1. The summed E-state index contributed by atoms with van der Waals surface area (Å²) >= 11 is 0. The van der Waals surface area contributed by atoms with Gasteiger partial charge in [-0.05, 0) is 12.5 Å².